The van der Waals surface area contributed by atoms with Crippen LogP contribution in [0.4, 0.5) is 4.79 Å². The molecule has 1 rings (SSSR count). The Balaban J connectivity index is 2.67. The monoisotopic (exact) mass is 212 g/mol. The zero-order valence-corrected chi connectivity index (χ0v) is 9.80. The third-order valence-electron chi connectivity index (χ3n) is 3.22. The summed E-state index contributed by atoms with van der Waals surface area (Å²) < 4.78 is 0. The molecule has 0 aromatic heterocycles. The molecule has 0 radical (unpaired) electrons. The van der Waals surface area contributed by atoms with E-state index in [1.54, 1.807) is 4.90 Å². The average Bonchev–Trinajstić information content (AvgIpc) is 2.42. The first-order valence-electron chi connectivity index (χ1n) is 5.69. The van der Waals surface area contributed by atoms with E-state index in [1.165, 1.54) is 0 Å². The fourth-order valence-electron chi connectivity index (χ4n) is 1.87. The maximum absolute atomic E-state index is 11.6. The lowest BCUT2D eigenvalue weighted by Gasteiger charge is -2.30. The van der Waals surface area contributed by atoms with Crippen LogP contribution in [0.5, 0.6) is 0 Å². The lowest BCUT2D eigenvalue weighted by Crippen LogP contribution is -2.46. The van der Waals surface area contributed by atoms with E-state index in [2.05, 4.69) is 12.2 Å². The quantitative estimate of drug-likeness (QED) is 0.559. The maximum atomic E-state index is 11.6. The van der Waals surface area contributed by atoms with E-state index in [0.717, 1.165) is 19.3 Å². The van der Waals surface area contributed by atoms with Crippen LogP contribution in [-0.4, -0.2) is 28.9 Å². The van der Waals surface area contributed by atoms with Crippen LogP contribution in [0.25, 0.3) is 0 Å². The molecule has 0 spiro atoms. The second kappa shape index (κ2) is 4.64. The molecule has 1 atom stereocenters. The fourth-order valence-corrected chi connectivity index (χ4v) is 1.87. The number of hydrogen-bond donors (Lipinski definition) is 1. The van der Waals surface area contributed by atoms with E-state index in [9.17, 15) is 9.59 Å². The predicted octanol–water partition coefficient (Wildman–Crippen LogP) is 1.90. The standard InChI is InChI=1S/C11H20N2O2/c1-4-6-7-8-13-10(15)12-9(14)11(13,3)5-2/h4-8H2,1-3H3,(H,12,14,15). The van der Waals surface area contributed by atoms with Crippen molar-refractivity contribution < 1.29 is 9.59 Å². The van der Waals surface area contributed by atoms with Gasteiger partial charge in [-0.1, -0.05) is 26.7 Å². The van der Waals surface area contributed by atoms with Gasteiger partial charge in [0.15, 0.2) is 0 Å². The van der Waals surface area contributed by atoms with Gasteiger partial charge in [0.1, 0.15) is 5.54 Å². The van der Waals surface area contributed by atoms with Crippen LogP contribution in [0.15, 0.2) is 0 Å². The van der Waals surface area contributed by atoms with Crippen molar-refractivity contribution in [3.05, 3.63) is 0 Å². The van der Waals surface area contributed by atoms with Crippen molar-refractivity contribution in [1.29, 1.82) is 0 Å². The van der Waals surface area contributed by atoms with Crippen LogP contribution in [0.3, 0.4) is 0 Å². The molecular formula is C11H20N2O2. The van der Waals surface area contributed by atoms with Crippen molar-refractivity contribution in [3.63, 3.8) is 0 Å². The molecule has 0 bridgehead atoms. The van der Waals surface area contributed by atoms with Gasteiger partial charge < -0.3 is 4.90 Å². The summed E-state index contributed by atoms with van der Waals surface area (Å²) in [7, 11) is 0. The highest BCUT2D eigenvalue weighted by Gasteiger charge is 2.47. The smallest absolute Gasteiger partial charge is 0.310 e. The lowest BCUT2D eigenvalue weighted by atomic mass is 9.97. The summed E-state index contributed by atoms with van der Waals surface area (Å²) in [4.78, 5) is 24.8. The number of rotatable bonds is 5. The highest BCUT2D eigenvalue weighted by molar-refractivity contribution is 6.06. The normalized spacial score (nSPS) is 25.9. The average molecular weight is 212 g/mol. The number of carbonyl (C=O) groups is 2. The number of amides is 3. The van der Waals surface area contributed by atoms with Gasteiger partial charge in [-0.25, -0.2) is 4.79 Å². The predicted molar refractivity (Wildman–Crippen MR) is 58.5 cm³/mol. The molecule has 15 heavy (non-hydrogen) atoms. The Labute approximate surface area is 91.0 Å². The minimum Gasteiger partial charge on any atom is -0.310 e. The Morgan fingerprint density at radius 1 is 1.27 bits per heavy atom. The zero-order chi connectivity index (χ0) is 11.5. The molecule has 1 aliphatic heterocycles. The molecule has 0 aliphatic carbocycles. The molecule has 86 valence electrons. The summed E-state index contributed by atoms with van der Waals surface area (Å²) in [6, 6.07) is -0.236. The lowest BCUT2D eigenvalue weighted by molar-refractivity contribution is -0.126. The minimum atomic E-state index is -0.634. The Bertz CT molecular complexity index is 265. The molecule has 1 N–H and O–H groups in total. The van der Waals surface area contributed by atoms with E-state index < -0.39 is 5.54 Å². The number of carbonyl (C=O) groups excluding carboxylic acids is 2. The van der Waals surface area contributed by atoms with Gasteiger partial charge in [-0.3, -0.25) is 10.1 Å². The van der Waals surface area contributed by atoms with Crippen LogP contribution in [0.1, 0.15) is 46.5 Å². The Kier molecular flexibility index (Phi) is 3.72. The number of imide groups is 1. The number of nitrogens with one attached hydrogen (secondary N) is 1. The van der Waals surface area contributed by atoms with Crippen LogP contribution in [0.2, 0.25) is 0 Å². The van der Waals surface area contributed by atoms with Gasteiger partial charge >= 0.3 is 6.03 Å². The van der Waals surface area contributed by atoms with Crippen molar-refractivity contribution in [2.75, 3.05) is 6.54 Å². The molecule has 4 nitrogen and oxygen atoms in total. The number of urea groups is 1. The van der Waals surface area contributed by atoms with Crippen LogP contribution in [-0.2, 0) is 4.79 Å². The molecule has 3 amide bonds. The number of hydrogen-bond acceptors (Lipinski definition) is 2. The molecule has 4 heteroatoms. The third kappa shape index (κ3) is 2.13. The van der Waals surface area contributed by atoms with Crippen molar-refractivity contribution in [2.24, 2.45) is 0 Å². The first-order chi connectivity index (χ1) is 7.06. The van der Waals surface area contributed by atoms with Gasteiger partial charge in [0.05, 0.1) is 0 Å². The maximum Gasteiger partial charge on any atom is 0.325 e. The summed E-state index contributed by atoms with van der Waals surface area (Å²) in [5, 5.41) is 2.38. The first kappa shape index (κ1) is 12.0. The summed E-state index contributed by atoms with van der Waals surface area (Å²) in [6.45, 7) is 6.56. The summed E-state index contributed by atoms with van der Waals surface area (Å²) in [5.74, 6) is -0.161. The van der Waals surface area contributed by atoms with Gasteiger partial charge in [-0.2, -0.15) is 0 Å². The highest BCUT2D eigenvalue weighted by atomic mass is 16.2. The number of nitrogens with zero attached hydrogens (tertiary/aromatic N) is 1. The second-order valence-corrected chi connectivity index (χ2v) is 4.25. The third-order valence-corrected chi connectivity index (χ3v) is 3.22. The molecule has 0 aromatic rings. The summed E-state index contributed by atoms with van der Waals surface area (Å²) in [5.41, 5.74) is -0.634. The van der Waals surface area contributed by atoms with Crippen molar-refractivity contribution in [1.82, 2.24) is 10.2 Å². The van der Waals surface area contributed by atoms with Crippen molar-refractivity contribution >= 4 is 11.9 Å². The summed E-state index contributed by atoms with van der Waals surface area (Å²) in [6.07, 6.45) is 3.84. The van der Waals surface area contributed by atoms with E-state index >= 15 is 0 Å². The highest BCUT2D eigenvalue weighted by Crippen LogP contribution is 2.25. The van der Waals surface area contributed by atoms with E-state index in [0.29, 0.717) is 13.0 Å². The van der Waals surface area contributed by atoms with E-state index in [-0.39, 0.29) is 11.9 Å². The van der Waals surface area contributed by atoms with Gasteiger partial charge in [-0.05, 0) is 19.8 Å². The van der Waals surface area contributed by atoms with Gasteiger partial charge in [0, 0.05) is 6.54 Å². The molecule has 1 saturated heterocycles. The Hall–Kier alpha value is -1.06. The molecule has 1 unspecified atom stereocenters. The SMILES string of the molecule is CCCCCN1C(=O)NC(=O)C1(C)CC. The largest absolute Gasteiger partial charge is 0.325 e. The van der Waals surface area contributed by atoms with Crippen LogP contribution >= 0.6 is 0 Å². The molecule has 1 heterocycles. The second-order valence-electron chi connectivity index (χ2n) is 4.25. The molecule has 1 fully saturated rings. The van der Waals surface area contributed by atoms with Gasteiger partial charge in [0.25, 0.3) is 5.91 Å². The van der Waals surface area contributed by atoms with E-state index in [1.807, 2.05) is 13.8 Å². The van der Waals surface area contributed by atoms with Crippen LogP contribution in [0, 0.1) is 0 Å². The molecular weight excluding hydrogens is 192 g/mol. The summed E-state index contributed by atoms with van der Waals surface area (Å²) >= 11 is 0. The van der Waals surface area contributed by atoms with Gasteiger partial charge in [0.2, 0.25) is 0 Å². The van der Waals surface area contributed by atoms with Crippen LogP contribution < -0.4 is 5.32 Å². The van der Waals surface area contributed by atoms with E-state index in [4.69, 9.17) is 0 Å². The van der Waals surface area contributed by atoms with Crippen molar-refractivity contribution in [2.45, 2.75) is 52.0 Å². The molecule has 0 aromatic carbocycles. The van der Waals surface area contributed by atoms with Gasteiger partial charge in [-0.15, -0.1) is 0 Å². The fraction of sp³-hybridized carbons (Fsp3) is 0.818. The number of unbranched alkanes of at least 4 members (excludes halogenated alkanes) is 2. The first-order valence-corrected chi connectivity index (χ1v) is 5.69. The van der Waals surface area contributed by atoms with Crippen molar-refractivity contribution in [3.8, 4) is 0 Å². The topological polar surface area (TPSA) is 49.4 Å². The molecule has 0 saturated carbocycles. The Morgan fingerprint density at radius 2 is 1.93 bits per heavy atom. The molecule has 1 aliphatic rings. The minimum absolute atomic E-state index is 0.161. The zero-order valence-electron chi connectivity index (χ0n) is 9.80. The Morgan fingerprint density at radius 3 is 2.47 bits per heavy atom.